The Balaban J connectivity index is 1.65. The van der Waals surface area contributed by atoms with Crippen LogP contribution >= 0.6 is 0 Å². The third kappa shape index (κ3) is 12.4. The van der Waals surface area contributed by atoms with Crippen molar-refractivity contribution in [2.24, 2.45) is 16.5 Å². The predicted octanol–water partition coefficient (Wildman–Crippen LogP) is -0.804. The monoisotopic (exact) mass is 735 g/mol. The maximum atomic E-state index is 13.9. The lowest BCUT2D eigenvalue weighted by Gasteiger charge is -2.24. The third-order valence-electron chi connectivity index (χ3n) is 8.18. The van der Waals surface area contributed by atoms with E-state index in [4.69, 9.17) is 11.5 Å². The normalized spacial score (nSPS) is 19.6. The molecule has 18 nitrogen and oxygen atoms in total. The molecule has 0 spiro atoms. The average molecular weight is 736 g/mol. The number of nitrogens with two attached hydrogens (primary N) is 2. The van der Waals surface area contributed by atoms with Gasteiger partial charge in [0.05, 0.1) is 25.2 Å². The van der Waals surface area contributed by atoms with Crippen LogP contribution in [0, 0.1) is 5.82 Å². The second-order valence-electron chi connectivity index (χ2n) is 12.2. The molecule has 1 aromatic heterocycles. The van der Waals surface area contributed by atoms with Crippen molar-refractivity contribution >= 4 is 41.5 Å². The van der Waals surface area contributed by atoms with Crippen molar-refractivity contribution in [1.82, 2.24) is 41.6 Å². The van der Waals surface area contributed by atoms with Crippen LogP contribution in [0.15, 0.2) is 65.8 Å². The lowest BCUT2D eigenvalue weighted by Crippen LogP contribution is -2.53. The second kappa shape index (κ2) is 19.3. The first-order valence-corrected chi connectivity index (χ1v) is 16.8. The molecule has 282 valence electrons. The fourth-order valence-corrected chi connectivity index (χ4v) is 5.50. The number of aliphatic carboxylic acids is 1. The number of aromatic nitrogens is 3. The molecule has 2 heterocycles. The number of aliphatic imine (C=N–C) groups is 1. The standard InChI is InChI=1S/C34H42FN11O7/c35-22-12-10-21(11-13-22)30(50)38-14-5-9-27-33(53)42-23(8-4-15-39-34(36)37)31(51)40-18-28(47)41-25(17-29(48)49)32(52)43-24(26-19-46(27)45-44-26)16-20-6-2-1-3-7-20/h1-3,6-7,10-13,19,23-25,27H,4-5,8-9,14-18H2,(H,38,50)(H,40,51)(H,41,47)(H,42,53)(H,43,52)(H,48,49)(H4,36,37,39)/t23-,24?,25?,27-/m0/s1. The number of rotatable bonds is 13. The van der Waals surface area contributed by atoms with Crippen molar-refractivity contribution in [1.29, 1.82) is 0 Å². The van der Waals surface area contributed by atoms with Gasteiger partial charge in [0, 0.05) is 18.7 Å². The Labute approximate surface area is 303 Å². The first-order chi connectivity index (χ1) is 25.4. The number of carbonyl (C=O) groups excluding carboxylic acids is 5. The molecule has 2 aromatic carbocycles. The van der Waals surface area contributed by atoms with Gasteiger partial charge in [-0.2, -0.15) is 0 Å². The van der Waals surface area contributed by atoms with Gasteiger partial charge in [-0.15, -0.1) is 5.10 Å². The smallest absolute Gasteiger partial charge is 0.305 e. The molecule has 2 unspecified atom stereocenters. The molecule has 0 saturated carbocycles. The zero-order chi connectivity index (χ0) is 38.3. The Bertz CT molecular complexity index is 1780. The highest BCUT2D eigenvalue weighted by molar-refractivity contribution is 5.95. The summed E-state index contributed by atoms with van der Waals surface area (Å²) < 4.78 is 14.6. The molecule has 2 bridgehead atoms. The van der Waals surface area contributed by atoms with Crippen LogP contribution in [0.3, 0.4) is 0 Å². The summed E-state index contributed by atoms with van der Waals surface area (Å²) in [6, 6.07) is 9.43. The zero-order valence-corrected chi connectivity index (χ0v) is 28.7. The number of halogens is 1. The summed E-state index contributed by atoms with van der Waals surface area (Å²) in [4.78, 5) is 81.8. The second-order valence-corrected chi connectivity index (χ2v) is 12.2. The molecular formula is C34H42FN11O7. The van der Waals surface area contributed by atoms with Crippen LogP contribution in [0.4, 0.5) is 4.39 Å². The summed E-state index contributed by atoms with van der Waals surface area (Å²) in [7, 11) is 0. The molecule has 0 saturated heterocycles. The number of benzene rings is 2. The lowest BCUT2D eigenvalue weighted by molar-refractivity contribution is -0.141. The van der Waals surface area contributed by atoms with Gasteiger partial charge >= 0.3 is 5.97 Å². The number of amides is 5. The summed E-state index contributed by atoms with van der Waals surface area (Å²) in [6.07, 6.45) is 1.57. The summed E-state index contributed by atoms with van der Waals surface area (Å²) in [5, 5.41) is 31.0. The molecule has 5 amide bonds. The molecule has 0 fully saturated rings. The maximum absolute atomic E-state index is 13.9. The first-order valence-electron chi connectivity index (χ1n) is 16.8. The van der Waals surface area contributed by atoms with E-state index in [0.29, 0.717) is 0 Å². The van der Waals surface area contributed by atoms with E-state index < -0.39 is 78.5 Å². The quantitative estimate of drug-likeness (QED) is 0.0611. The molecular weight excluding hydrogens is 693 g/mol. The van der Waals surface area contributed by atoms with Gasteiger partial charge in [-0.1, -0.05) is 35.5 Å². The summed E-state index contributed by atoms with van der Waals surface area (Å²) in [5.74, 6) is -5.48. The highest BCUT2D eigenvalue weighted by Gasteiger charge is 2.32. The molecule has 53 heavy (non-hydrogen) atoms. The Morgan fingerprint density at radius 1 is 0.906 bits per heavy atom. The van der Waals surface area contributed by atoms with Crippen LogP contribution in [-0.4, -0.2) is 93.3 Å². The Kier molecular flexibility index (Phi) is 14.3. The van der Waals surface area contributed by atoms with Crippen LogP contribution in [0.25, 0.3) is 0 Å². The van der Waals surface area contributed by atoms with E-state index in [-0.39, 0.29) is 62.4 Å². The number of nitrogens with zero attached hydrogens (tertiary/aromatic N) is 4. The topological polar surface area (TPSA) is 278 Å². The van der Waals surface area contributed by atoms with E-state index in [1.54, 1.807) is 12.1 Å². The lowest BCUT2D eigenvalue weighted by atomic mass is 10.0. The number of guanidine groups is 1. The van der Waals surface area contributed by atoms with Crippen LogP contribution < -0.4 is 38.1 Å². The third-order valence-corrected chi connectivity index (χ3v) is 8.18. The Morgan fingerprint density at radius 3 is 2.32 bits per heavy atom. The van der Waals surface area contributed by atoms with Crippen LogP contribution in [0.5, 0.6) is 0 Å². The van der Waals surface area contributed by atoms with E-state index in [0.717, 1.165) is 17.7 Å². The van der Waals surface area contributed by atoms with Gasteiger partial charge in [0.25, 0.3) is 5.91 Å². The number of hydrogen-bond donors (Lipinski definition) is 8. The summed E-state index contributed by atoms with van der Waals surface area (Å²) in [5.41, 5.74) is 12.1. The Morgan fingerprint density at radius 2 is 1.62 bits per heavy atom. The highest BCUT2D eigenvalue weighted by Crippen LogP contribution is 2.21. The summed E-state index contributed by atoms with van der Waals surface area (Å²) in [6.45, 7) is -0.368. The largest absolute Gasteiger partial charge is 0.481 e. The average Bonchev–Trinajstić information content (AvgIpc) is 3.61. The molecule has 0 aliphatic carbocycles. The van der Waals surface area contributed by atoms with E-state index >= 15 is 0 Å². The van der Waals surface area contributed by atoms with Crippen molar-refractivity contribution in [2.45, 2.75) is 62.7 Å². The Hall–Kier alpha value is -6.40. The van der Waals surface area contributed by atoms with Gasteiger partial charge < -0.3 is 43.2 Å². The van der Waals surface area contributed by atoms with Gasteiger partial charge in [-0.05, 0) is 61.9 Å². The van der Waals surface area contributed by atoms with E-state index in [1.807, 2.05) is 18.2 Å². The number of carboxylic acid groups (broad SMARTS) is 1. The zero-order valence-electron chi connectivity index (χ0n) is 28.7. The molecule has 3 aromatic rings. The maximum Gasteiger partial charge on any atom is 0.305 e. The fraction of sp³-hybridized carbons (Fsp3) is 0.382. The van der Waals surface area contributed by atoms with Gasteiger partial charge in [-0.25, -0.2) is 9.07 Å². The van der Waals surface area contributed by atoms with Crippen molar-refractivity contribution in [3.05, 3.63) is 83.4 Å². The number of carbonyl (C=O) groups is 6. The van der Waals surface area contributed by atoms with Gasteiger partial charge in [-0.3, -0.25) is 33.8 Å². The molecule has 4 atom stereocenters. The highest BCUT2D eigenvalue weighted by atomic mass is 19.1. The van der Waals surface area contributed by atoms with E-state index in [1.165, 1.54) is 23.0 Å². The van der Waals surface area contributed by atoms with Crippen molar-refractivity contribution in [3.63, 3.8) is 0 Å². The van der Waals surface area contributed by atoms with Crippen LogP contribution in [0.1, 0.15) is 65.8 Å². The summed E-state index contributed by atoms with van der Waals surface area (Å²) >= 11 is 0. The van der Waals surface area contributed by atoms with Gasteiger partial charge in [0.15, 0.2) is 5.96 Å². The number of fused-ring (bicyclic) bond motifs is 2. The molecule has 4 rings (SSSR count). The first kappa shape index (κ1) is 39.4. The van der Waals surface area contributed by atoms with E-state index in [2.05, 4.69) is 41.9 Å². The van der Waals surface area contributed by atoms with E-state index in [9.17, 15) is 38.3 Å². The number of carboxylic acids is 1. The minimum Gasteiger partial charge on any atom is -0.481 e. The minimum atomic E-state index is -1.51. The SMILES string of the molecule is NC(N)=NCCC[C@@H]1NC(=O)[C@H](CCCNC(=O)c2ccc(F)cc2)n2cc(nn2)C(Cc2ccccc2)NC(=O)C(CC(=O)O)NC(=O)CNC1=O. The molecule has 1 aliphatic heterocycles. The number of hydrogen-bond acceptors (Lipinski definition) is 9. The van der Waals surface area contributed by atoms with Crippen molar-refractivity contribution in [3.8, 4) is 0 Å². The minimum absolute atomic E-state index is 0.0578. The fourth-order valence-electron chi connectivity index (χ4n) is 5.50. The number of nitrogens with one attached hydrogen (secondary N) is 5. The van der Waals surface area contributed by atoms with Crippen molar-refractivity contribution in [2.75, 3.05) is 19.6 Å². The molecule has 19 heteroatoms. The predicted molar refractivity (Wildman–Crippen MR) is 187 cm³/mol. The van der Waals surface area contributed by atoms with Crippen molar-refractivity contribution < 1.29 is 38.3 Å². The molecule has 1 aliphatic rings. The van der Waals surface area contributed by atoms with Crippen LogP contribution in [-0.2, 0) is 30.4 Å². The molecule has 10 N–H and O–H groups in total. The van der Waals surface area contributed by atoms with Crippen LogP contribution in [0.2, 0.25) is 0 Å². The van der Waals surface area contributed by atoms with Gasteiger partial charge in [0.2, 0.25) is 23.6 Å². The molecule has 0 radical (unpaired) electrons. The van der Waals surface area contributed by atoms with Gasteiger partial charge in [0.1, 0.15) is 29.6 Å².